The maximum Gasteiger partial charge on any atom is 0.311 e. The Bertz CT molecular complexity index is 685. The van der Waals surface area contributed by atoms with E-state index in [9.17, 15) is 10.1 Å². The van der Waals surface area contributed by atoms with Gasteiger partial charge in [0.1, 0.15) is 11.9 Å². The van der Waals surface area contributed by atoms with Gasteiger partial charge in [-0.05, 0) is 31.0 Å². The zero-order valence-electron chi connectivity index (χ0n) is 10.5. The van der Waals surface area contributed by atoms with Gasteiger partial charge in [0.05, 0.1) is 10.4 Å². The lowest BCUT2D eigenvalue weighted by atomic mass is 9.87. The Morgan fingerprint density at radius 2 is 2.20 bits per heavy atom. The molecule has 1 aromatic heterocycles. The number of anilines is 1. The van der Waals surface area contributed by atoms with Gasteiger partial charge < -0.3 is 11.1 Å². The summed E-state index contributed by atoms with van der Waals surface area (Å²) in [6, 6.07) is 5.92. The van der Waals surface area contributed by atoms with Crippen LogP contribution in [0, 0.1) is 10.1 Å². The molecule has 3 rings (SSSR count). The van der Waals surface area contributed by atoms with Crippen molar-refractivity contribution in [2.45, 2.75) is 24.9 Å². The van der Waals surface area contributed by atoms with Crippen molar-refractivity contribution < 1.29 is 4.92 Å². The third-order valence-electron chi connectivity index (χ3n) is 3.53. The van der Waals surface area contributed by atoms with Crippen molar-refractivity contribution in [2.75, 3.05) is 5.32 Å². The van der Waals surface area contributed by atoms with Crippen LogP contribution in [0.5, 0.6) is 0 Å². The molecular formula is C13H13BrN4O2. The molecule has 0 unspecified atom stereocenters. The maximum absolute atomic E-state index is 11.2. The molecule has 0 spiro atoms. The molecule has 1 saturated carbocycles. The van der Waals surface area contributed by atoms with E-state index in [1.807, 2.05) is 18.2 Å². The van der Waals surface area contributed by atoms with E-state index in [4.69, 9.17) is 5.73 Å². The fraction of sp³-hybridized carbons (Fsp3) is 0.308. The number of rotatable bonds is 3. The number of hydrogen-bond acceptors (Lipinski definition) is 5. The fourth-order valence-corrected chi connectivity index (χ4v) is 2.79. The maximum atomic E-state index is 11.2. The molecule has 1 aliphatic rings. The smallest absolute Gasteiger partial charge is 0.311 e. The average Bonchev–Trinajstić information content (AvgIpc) is 2.37. The summed E-state index contributed by atoms with van der Waals surface area (Å²) in [7, 11) is 0. The number of halogens is 1. The third kappa shape index (κ3) is 2.34. The van der Waals surface area contributed by atoms with Crippen molar-refractivity contribution in [3.8, 4) is 0 Å². The van der Waals surface area contributed by atoms with E-state index in [1.165, 1.54) is 6.20 Å². The number of nitrogens with zero attached hydrogens (tertiary/aromatic N) is 2. The SMILES string of the molecule is NC1CC(Nc2c([N+](=O)[O-])cnc3ccc(Br)cc23)C1. The Balaban J connectivity index is 2.10. The Kier molecular flexibility index (Phi) is 3.31. The predicted octanol–water partition coefficient (Wildman–Crippen LogP) is 2.81. The second-order valence-electron chi connectivity index (χ2n) is 5.01. The van der Waals surface area contributed by atoms with E-state index >= 15 is 0 Å². The summed E-state index contributed by atoms with van der Waals surface area (Å²) in [5.74, 6) is 0. The van der Waals surface area contributed by atoms with Gasteiger partial charge in [-0.2, -0.15) is 0 Å². The number of hydrogen-bond donors (Lipinski definition) is 2. The highest BCUT2D eigenvalue weighted by Gasteiger charge is 2.29. The van der Waals surface area contributed by atoms with Gasteiger partial charge in [0.2, 0.25) is 0 Å². The molecule has 1 aliphatic carbocycles. The van der Waals surface area contributed by atoms with Crippen LogP contribution in [0.1, 0.15) is 12.8 Å². The number of fused-ring (bicyclic) bond motifs is 1. The minimum absolute atomic E-state index is 0.00364. The Morgan fingerprint density at radius 1 is 1.45 bits per heavy atom. The van der Waals surface area contributed by atoms with Gasteiger partial charge in [-0.3, -0.25) is 10.1 Å². The van der Waals surface area contributed by atoms with Gasteiger partial charge in [-0.15, -0.1) is 0 Å². The summed E-state index contributed by atoms with van der Waals surface area (Å²) in [4.78, 5) is 14.9. The van der Waals surface area contributed by atoms with E-state index in [1.54, 1.807) is 0 Å². The minimum atomic E-state index is -0.408. The topological polar surface area (TPSA) is 94.1 Å². The molecule has 0 radical (unpaired) electrons. The summed E-state index contributed by atoms with van der Waals surface area (Å²) >= 11 is 3.39. The molecule has 6 nitrogen and oxygen atoms in total. The lowest BCUT2D eigenvalue weighted by Crippen LogP contribution is -2.44. The number of pyridine rings is 1. The fourth-order valence-electron chi connectivity index (χ4n) is 2.43. The van der Waals surface area contributed by atoms with Crippen LogP contribution in [-0.4, -0.2) is 22.0 Å². The highest BCUT2D eigenvalue weighted by Crippen LogP contribution is 2.35. The summed E-state index contributed by atoms with van der Waals surface area (Å²) < 4.78 is 0.862. The van der Waals surface area contributed by atoms with Gasteiger partial charge in [0.25, 0.3) is 0 Å². The first kappa shape index (κ1) is 13.3. The quantitative estimate of drug-likeness (QED) is 0.663. The molecule has 1 heterocycles. The summed E-state index contributed by atoms with van der Waals surface area (Å²) in [6.07, 6.45) is 2.96. The lowest BCUT2D eigenvalue weighted by Gasteiger charge is -2.33. The average molecular weight is 337 g/mol. The molecule has 0 saturated heterocycles. The van der Waals surface area contributed by atoms with Crippen LogP contribution in [0.3, 0.4) is 0 Å². The van der Waals surface area contributed by atoms with E-state index in [-0.39, 0.29) is 17.8 Å². The second-order valence-corrected chi connectivity index (χ2v) is 5.93. The van der Waals surface area contributed by atoms with E-state index in [0.29, 0.717) is 5.69 Å². The first-order valence-electron chi connectivity index (χ1n) is 6.29. The summed E-state index contributed by atoms with van der Waals surface area (Å²) in [5.41, 5.74) is 7.01. The van der Waals surface area contributed by atoms with Gasteiger partial charge >= 0.3 is 5.69 Å². The zero-order valence-corrected chi connectivity index (χ0v) is 12.1. The molecule has 0 bridgehead atoms. The van der Waals surface area contributed by atoms with Crippen molar-refractivity contribution in [3.05, 3.63) is 39.0 Å². The van der Waals surface area contributed by atoms with E-state index < -0.39 is 4.92 Å². The molecule has 1 aromatic carbocycles. The molecule has 20 heavy (non-hydrogen) atoms. The molecule has 3 N–H and O–H groups in total. The second kappa shape index (κ2) is 4.99. The van der Waals surface area contributed by atoms with Crippen molar-refractivity contribution >= 4 is 38.2 Å². The molecule has 0 amide bonds. The first-order chi connectivity index (χ1) is 9.54. The van der Waals surface area contributed by atoms with Gasteiger partial charge in [-0.25, -0.2) is 4.98 Å². The van der Waals surface area contributed by atoms with Crippen LogP contribution in [0.4, 0.5) is 11.4 Å². The molecule has 104 valence electrons. The number of benzene rings is 1. The van der Waals surface area contributed by atoms with Crippen LogP contribution in [0.15, 0.2) is 28.9 Å². The van der Waals surface area contributed by atoms with Crippen molar-refractivity contribution in [3.63, 3.8) is 0 Å². The molecule has 0 aliphatic heterocycles. The van der Waals surface area contributed by atoms with Crippen LogP contribution in [0.25, 0.3) is 10.9 Å². The van der Waals surface area contributed by atoms with Crippen LogP contribution >= 0.6 is 15.9 Å². The van der Waals surface area contributed by atoms with Crippen molar-refractivity contribution in [1.82, 2.24) is 4.98 Å². The molecular weight excluding hydrogens is 324 g/mol. The highest BCUT2D eigenvalue weighted by atomic mass is 79.9. The van der Waals surface area contributed by atoms with Crippen molar-refractivity contribution in [2.24, 2.45) is 5.73 Å². The highest BCUT2D eigenvalue weighted by molar-refractivity contribution is 9.10. The number of aromatic nitrogens is 1. The predicted molar refractivity (Wildman–Crippen MR) is 80.7 cm³/mol. The molecule has 2 aromatic rings. The number of nitrogens with two attached hydrogens (primary N) is 1. The third-order valence-corrected chi connectivity index (χ3v) is 4.02. The summed E-state index contributed by atoms with van der Waals surface area (Å²) in [5, 5.41) is 15.2. The summed E-state index contributed by atoms with van der Waals surface area (Å²) in [6.45, 7) is 0. The zero-order chi connectivity index (χ0) is 14.3. The number of nitrogens with one attached hydrogen (secondary N) is 1. The molecule has 1 fully saturated rings. The van der Waals surface area contributed by atoms with Gasteiger partial charge in [0, 0.05) is 21.9 Å². The van der Waals surface area contributed by atoms with Gasteiger partial charge in [0.15, 0.2) is 0 Å². The Hall–Kier alpha value is -1.73. The minimum Gasteiger partial charge on any atom is -0.376 e. The Morgan fingerprint density at radius 3 is 2.85 bits per heavy atom. The normalized spacial score (nSPS) is 21.5. The standard InChI is InChI=1S/C13H13BrN4O2/c14-7-1-2-11-10(3-7)13(12(6-16-11)18(19)20)17-9-4-8(15)5-9/h1-3,6,8-9H,4-5,15H2,(H,16,17). The molecule has 0 atom stereocenters. The largest absolute Gasteiger partial charge is 0.376 e. The Labute approximate surface area is 123 Å². The number of nitro groups is 1. The van der Waals surface area contributed by atoms with Crippen LogP contribution < -0.4 is 11.1 Å². The van der Waals surface area contributed by atoms with E-state index in [0.717, 1.165) is 28.2 Å². The monoisotopic (exact) mass is 336 g/mol. The van der Waals surface area contributed by atoms with E-state index in [2.05, 4.69) is 26.2 Å². The van der Waals surface area contributed by atoms with Crippen molar-refractivity contribution in [1.29, 1.82) is 0 Å². The first-order valence-corrected chi connectivity index (χ1v) is 7.08. The lowest BCUT2D eigenvalue weighted by molar-refractivity contribution is -0.384. The van der Waals surface area contributed by atoms with Crippen LogP contribution in [-0.2, 0) is 0 Å². The molecule has 7 heteroatoms. The van der Waals surface area contributed by atoms with Crippen LogP contribution in [0.2, 0.25) is 0 Å². The van der Waals surface area contributed by atoms with Gasteiger partial charge in [-0.1, -0.05) is 15.9 Å².